The van der Waals surface area contributed by atoms with E-state index in [9.17, 15) is 0 Å². The van der Waals surface area contributed by atoms with Gasteiger partial charge in [-0.3, -0.25) is 4.98 Å². The van der Waals surface area contributed by atoms with Crippen LogP contribution >= 0.6 is 9.24 Å². The minimum absolute atomic E-state index is 0.0162. The van der Waals surface area contributed by atoms with E-state index in [2.05, 4.69) is 60.1 Å². The Morgan fingerprint density at radius 2 is 1.71 bits per heavy atom. The lowest BCUT2D eigenvalue weighted by Crippen LogP contribution is -2.45. The van der Waals surface area contributed by atoms with Crippen LogP contribution in [0.15, 0.2) is 48.7 Å². The Balaban J connectivity index is 2.13. The van der Waals surface area contributed by atoms with Gasteiger partial charge in [0, 0.05) is 16.9 Å². The van der Waals surface area contributed by atoms with Crippen molar-refractivity contribution in [3.8, 4) is 11.3 Å². The first-order valence-electron chi connectivity index (χ1n) is 7.23. The van der Waals surface area contributed by atoms with E-state index in [1.54, 1.807) is 0 Å². The number of benzene rings is 1. The molecule has 2 aromatic rings. The fraction of sp³-hybridized carbons (Fsp3) is 0.353. The minimum atomic E-state index is -0.214. The summed E-state index contributed by atoms with van der Waals surface area (Å²) in [5.74, 6) is 0. The molecule has 1 aromatic carbocycles. The van der Waals surface area contributed by atoms with Crippen LogP contribution < -0.4 is 5.46 Å². The molecule has 1 heterocycles. The third-order valence-electron chi connectivity index (χ3n) is 4.05. The molecule has 0 radical (unpaired) electrons. The van der Waals surface area contributed by atoms with Crippen LogP contribution in [0.5, 0.6) is 0 Å². The summed E-state index contributed by atoms with van der Waals surface area (Å²) in [6, 6.07) is 14.3. The Kier molecular flexibility index (Phi) is 4.86. The van der Waals surface area contributed by atoms with Gasteiger partial charge >= 0.3 is 7.48 Å². The largest absolute Gasteiger partial charge is 0.429 e. The summed E-state index contributed by atoms with van der Waals surface area (Å²) in [7, 11) is 3.45. The van der Waals surface area contributed by atoms with Gasteiger partial charge in [0.1, 0.15) is 0 Å². The third-order valence-corrected chi connectivity index (χ3v) is 4.74. The molecule has 0 spiro atoms. The van der Waals surface area contributed by atoms with Gasteiger partial charge in [-0.2, -0.15) is 0 Å². The highest BCUT2D eigenvalue weighted by molar-refractivity contribution is 7.19. The molecule has 0 saturated carbocycles. The predicted molar refractivity (Wildman–Crippen MR) is 95.4 cm³/mol. The lowest BCUT2D eigenvalue weighted by Gasteiger charge is -2.39. The van der Waals surface area contributed by atoms with Crippen molar-refractivity contribution >= 4 is 22.2 Å². The van der Waals surface area contributed by atoms with E-state index in [0.717, 1.165) is 16.7 Å². The van der Waals surface area contributed by atoms with Crippen molar-refractivity contribution in [2.45, 2.75) is 38.5 Å². The highest BCUT2D eigenvalue weighted by Crippen LogP contribution is 2.33. The van der Waals surface area contributed by atoms with Gasteiger partial charge in [-0.15, -0.1) is 9.24 Å². The number of nitrogens with zero attached hydrogens (tertiary/aromatic N) is 1. The normalized spacial score (nSPS) is 12.2. The van der Waals surface area contributed by atoms with Crippen LogP contribution in [0.4, 0.5) is 0 Å². The molecule has 1 unspecified atom stereocenters. The Morgan fingerprint density at radius 1 is 1.05 bits per heavy atom. The standard InChI is InChI=1S/C17H23BNOP/c1-16(2,17(3,4)21)20-18-14-10-11-19-15(12-14)13-8-6-5-7-9-13/h5-12,18H,21H2,1-4H3. The van der Waals surface area contributed by atoms with Gasteiger partial charge in [-0.05, 0) is 31.4 Å². The summed E-state index contributed by atoms with van der Waals surface area (Å²) in [5.41, 5.74) is 3.05. The van der Waals surface area contributed by atoms with Crippen LogP contribution in [0.25, 0.3) is 11.3 Å². The molecule has 1 aromatic heterocycles. The van der Waals surface area contributed by atoms with Crippen molar-refractivity contribution in [3.05, 3.63) is 48.7 Å². The first-order chi connectivity index (χ1) is 9.79. The van der Waals surface area contributed by atoms with Gasteiger partial charge in [0.2, 0.25) is 0 Å². The average Bonchev–Trinajstić information content (AvgIpc) is 2.45. The van der Waals surface area contributed by atoms with Crippen LogP contribution in [0.1, 0.15) is 27.7 Å². The van der Waals surface area contributed by atoms with Gasteiger partial charge in [0.25, 0.3) is 0 Å². The second-order valence-electron chi connectivity index (χ2n) is 6.44. The van der Waals surface area contributed by atoms with Crippen LogP contribution in [0.3, 0.4) is 0 Å². The molecular formula is C17H23BNOP. The SMILES string of the molecule is CC(C)(P)C(C)(C)OBc1ccnc(-c2ccccc2)c1. The lowest BCUT2D eigenvalue weighted by molar-refractivity contribution is 0.0841. The van der Waals surface area contributed by atoms with Gasteiger partial charge < -0.3 is 4.65 Å². The van der Waals surface area contributed by atoms with Crippen molar-refractivity contribution < 1.29 is 4.65 Å². The van der Waals surface area contributed by atoms with Gasteiger partial charge in [0.15, 0.2) is 0 Å². The topological polar surface area (TPSA) is 22.1 Å². The minimum Gasteiger partial charge on any atom is -0.429 e. The zero-order valence-electron chi connectivity index (χ0n) is 13.3. The molecule has 21 heavy (non-hydrogen) atoms. The molecule has 4 heteroatoms. The monoisotopic (exact) mass is 299 g/mol. The first kappa shape index (κ1) is 16.2. The summed E-state index contributed by atoms with van der Waals surface area (Å²) in [6.07, 6.45) is 1.85. The fourth-order valence-corrected chi connectivity index (χ4v) is 1.86. The highest BCUT2D eigenvalue weighted by Gasteiger charge is 2.33. The van der Waals surface area contributed by atoms with Crippen LogP contribution in [0.2, 0.25) is 0 Å². The molecule has 0 aliphatic heterocycles. The summed E-state index contributed by atoms with van der Waals surface area (Å²) >= 11 is 0. The Labute approximate surface area is 130 Å². The van der Waals surface area contributed by atoms with Crippen LogP contribution in [0, 0.1) is 0 Å². The third kappa shape index (κ3) is 4.15. The summed E-state index contributed by atoms with van der Waals surface area (Å²) in [5, 5.41) is 0.0162. The molecule has 0 amide bonds. The Morgan fingerprint density at radius 3 is 2.33 bits per heavy atom. The predicted octanol–water partition coefficient (Wildman–Crippen LogP) is 3.17. The summed E-state index contributed by atoms with van der Waals surface area (Å²) in [6.45, 7) is 8.58. The van der Waals surface area contributed by atoms with Crippen molar-refractivity contribution in [1.82, 2.24) is 4.98 Å². The maximum atomic E-state index is 6.12. The molecule has 1 atom stereocenters. The van der Waals surface area contributed by atoms with E-state index < -0.39 is 0 Å². The van der Waals surface area contributed by atoms with E-state index in [1.807, 2.05) is 30.5 Å². The van der Waals surface area contributed by atoms with Crippen molar-refractivity contribution in [1.29, 1.82) is 0 Å². The summed E-state index contributed by atoms with van der Waals surface area (Å²) < 4.78 is 6.12. The van der Waals surface area contributed by atoms with Crippen LogP contribution in [-0.4, -0.2) is 23.2 Å². The number of hydrogen-bond donors (Lipinski definition) is 0. The zero-order chi connectivity index (χ0) is 15.5. The molecule has 0 aliphatic carbocycles. The zero-order valence-corrected chi connectivity index (χ0v) is 14.4. The van der Waals surface area contributed by atoms with E-state index in [0.29, 0.717) is 7.48 Å². The van der Waals surface area contributed by atoms with E-state index in [1.165, 1.54) is 0 Å². The highest BCUT2D eigenvalue weighted by atomic mass is 31.0. The molecule has 0 aliphatic rings. The van der Waals surface area contributed by atoms with E-state index in [4.69, 9.17) is 4.65 Å². The molecule has 0 fully saturated rings. The van der Waals surface area contributed by atoms with Crippen molar-refractivity contribution in [3.63, 3.8) is 0 Å². The Hall–Kier alpha value is -1.18. The molecule has 2 rings (SSSR count). The number of hydrogen-bond acceptors (Lipinski definition) is 2. The molecular weight excluding hydrogens is 276 g/mol. The van der Waals surface area contributed by atoms with Gasteiger partial charge in [-0.25, -0.2) is 0 Å². The van der Waals surface area contributed by atoms with Crippen molar-refractivity contribution in [2.75, 3.05) is 0 Å². The number of rotatable bonds is 5. The smallest absolute Gasteiger partial charge is 0.309 e. The average molecular weight is 299 g/mol. The van der Waals surface area contributed by atoms with Gasteiger partial charge in [0.05, 0.1) is 11.3 Å². The number of pyridine rings is 1. The number of aromatic nitrogens is 1. The fourth-order valence-electron chi connectivity index (χ4n) is 1.78. The maximum absolute atomic E-state index is 6.12. The second kappa shape index (κ2) is 6.29. The first-order valence-corrected chi connectivity index (χ1v) is 7.80. The Bertz CT molecular complexity index is 593. The maximum Gasteiger partial charge on any atom is 0.309 e. The van der Waals surface area contributed by atoms with Gasteiger partial charge in [-0.1, -0.05) is 44.2 Å². The molecule has 0 N–H and O–H groups in total. The lowest BCUT2D eigenvalue weighted by atomic mass is 9.84. The molecule has 0 saturated heterocycles. The van der Waals surface area contributed by atoms with E-state index >= 15 is 0 Å². The quantitative estimate of drug-likeness (QED) is 0.625. The van der Waals surface area contributed by atoms with Crippen LogP contribution in [-0.2, 0) is 4.65 Å². The second-order valence-corrected chi connectivity index (χ2v) is 7.88. The molecule has 0 bridgehead atoms. The van der Waals surface area contributed by atoms with Crippen molar-refractivity contribution in [2.24, 2.45) is 0 Å². The summed E-state index contributed by atoms with van der Waals surface area (Å²) in [4.78, 5) is 4.44. The van der Waals surface area contributed by atoms with E-state index in [-0.39, 0.29) is 10.8 Å². The molecule has 2 nitrogen and oxygen atoms in total. The molecule has 110 valence electrons.